The summed E-state index contributed by atoms with van der Waals surface area (Å²) in [5, 5.41) is 0. The van der Waals surface area contributed by atoms with Gasteiger partial charge in [-0.2, -0.15) is 4.31 Å². The van der Waals surface area contributed by atoms with Gasteiger partial charge in [0.15, 0.2) is 0 Å². The zero-order valence-corrected chi connectivity index (χ0v) is 13.8. The SMILES string of the molecule is Cc1ccc(S(=O)(=O)N2CCN(C(=O)C3CC3C)CC2)cc1. The summed E-state index contributed by atoms with van der Waals surface area (Å²) in [6, 6.07) is 6.91. The summed E-state index contributed by atoms with van der Waals surface area (Å²) in [6.45, 7) is 5.76. The quantitative estimate of drug-likeness (QED) is 0.847. The number of piperazine rings is 1. The molecule has 1 aromatic carbocycles. The zero-order chi connectivity index (χ0) is 15.9. The molecule has 6 heteroatoms. The molecule has 1 aromatic rings. The summed E-state index contributed by atoms with van der Waals surface area (Å²) in [6.07, 6.45) is 0.973. The molecule has 0 aromatic heterocycles. The molecule has 3 rings (SSSR count). The molecule has 2 atom stereocenters. The van der Waals surface area contributed by atoms with Crippen LogP contribution in [0.2, 0.25) is 0 Å². The van der Waals surface area contributed by atoms with Gasteiger partial charge >= 0.3 is 0 Å². The fraction of sp³-hybridized carbons (Fsp3) is 0.562. The smallest absolute Gasteiger partial charge is 0.243 e. The van der Waals surface area contributed by atoms with Gasteiger partial charge < -0.3 is 4.90 Å². The molecule has 0 radical (unpaired) electrons. The third-order valence-corrected chi connectivity index (χ3v) is 6.55. The Morgan fingerprint density at radius 3 is 2.14 bits per heavy atom. The maximum absolute atomic E-state index is 12.6. The van der Waals surface area contributed by atoms with Crippen molar-refractivity contribution in [2.24, 2.45) is 11.8 Å². The Balaban J connectivity index is 1.65. The van der Waals surface area contributed by atoms with E-state index in [0.29, 0.717) is 37.0 Å². The predicted octanol–water partition coefficient (Wildman–Crippen LogP) is 1.48. The van der Waals surface area contributed by atoms with Crippen molar-refractivity contribution in [1.82, 2.24) is 9.21 Å². The Kier molecular flexibility index (Phi) is 3.99. The van der Waals surface area contributed by atoms with E-state index < -0.39 is 10.0 Å². The topological polar surface area (TPSA) is 57.7 Å². The number of benzene rings is 1. The molecule has 1 heterocycles. The van der Waals surface area contributed by atoms with Crippen LogP contribution < -0.4 is 0 Å². The molecule has 1 aliphatic heterocycles. The molecule has 1 amide bonds. The molecule has 2 unspecified atom stereocenters. The molecule has 0 bridgehead atoms. The van der Waals surface area contributed by atoms with Crippen molar-refractivity contribution in [1.29, 1.82) is 0 Å². The highest BCUT2D eigenvalue weighted by Crippen LogP contribution is 2.39. The van der Waals surface area contributed by atoms with Crippen LogP contribution in [-0.4, -0.2) is 49.7 Å². The lowest BCUT2D eigenvalue weighted by atomic mass is 10.2. The van der Waals surface area contributed by atoms with Crippen molar-refractivity contribution in [2.45, 2.75) is 25.2 Å². The summed E-state index contributed by atoms with van der Waals surface area (Å²) in [7, 11) is -3.45. The number of carbonyl (C=O) groups is 1. The number of hydrogen-bond donors (Lipinski definition) is 0. The van der Waals surface area contributed by atoms with Crippen LogP contribution in [0, 0.1) is 18.8 Å². The minimum Gasteiger partial charge on any atom is -0.340 e. The highest BCUT2D eigenvalue weighted by Gasteiger charge is 2.42. The Morgan fingerprint density at radius 2 is 1.64 bits per heavy atom. The second-order valence-corrected chi connectivity index (χ2v) is 8.30. The van der Waals surface area contributed by atoms with Gasteiger partial charge in [-0.1, -0.05) is 24.6 Å². The van der Waals surface area contributed by atoms with Gasteiger partial charge in [0.25, 0.3) is 0 Å². The van der Waals surface area contributed by atoms with E-state index in [0.717, 1.165) is 12.0 Å². The van der Waals surface area contributed by atoms with E-state index in [1.807, 2.05) is 11.8 Å². The Bertz CT molecular complexity index is 661. The normalized spacial score (nSPS) is 26.0. The Hall–Kier alpha value is -1.40. The van der Waals surface area contributed by atoms with Crippen LogP contribution in [-0.2, 0) is 14.8 Å². The van der Waals surface area contributed by atoms with Gasteiger partial charge in [0, 0.05) is 32.1 Å². The molecule has 5 nitrogen and oxygen atoms in total. The summed E-state index contributed by atoms with van der Waals surface area (Å²) in [5.74, 6) is 0.849. The number of sulfonamides is 1. The minimum absolute atomic E-state index is 0.167. The summed E-state index contributed by atoms with van der Waals surface area (Å²) >= 11 is 0. The molecule has 1 saturated heterocycles. The van der Waals surface area contributed by atoms with Gasteiger partial charge in [0.1, 0.15) is 0 Å². The minimum atomic E-state index is -3.45. The van der Waals surface area contributed by atoms with Crippen molar-refractivity contribution in [2.75, 3.05) is 26.2 Å². The zero-order valence-electron chi connectivity index (χ0n) is 13.0. The number of carbonyl (C=O) groups excluding carboxylic acids is 1. The molecule has 1 aliphatic carbocycles. The number of amides is 1. The first-order chi connectivity index (χ1) is 10.4. The summed E-state index contributed by atoms with van der Waals surface area (Å²) in [5.41, 5.74) is 1.04. The van der Waals surface area contributed by atoms with Crippen LogP contribution in [0.15, 0.2) is 29.2 Å². The Morgan fingerprint density at radius 1 is 1.09 bits per heavy atom. The van der Waals surface area contributed by atoms with E-state index in [1.165, 1.54) is 4.31 Å². The molecule has 120 valence electrons. The largest absolute Gasteiger partial charge is 0.340 e. The number of aryl methyl sites for hydroxylation is 1. The van der Waals surface area contributed by atoms with Crippen molar-refractivity contribution < 1.29 is 13.2 Å². The van der Waals surface area contributed by atoms with Crippen LogP contribution in [0.1, 0.15) is 18.9 Å². The standard InChI is InChI=1S/C16H22N2O3S/c1-12-3-5-14(6-4-12)22(20,21)18-9-7-17(8-10-18)16(19)15-11-13(15)2/h3-6,13,15H,7-11H2,1-2H3. The van der Waals surface area contributed by atoms with Gasteiger partial charge in [-0.25, -0.2) is 8.42 Å². The first-order valence-electron chi connectivity index (χ1n) is 7.75. The van der Waals surface area contributed by atoms with E-state index in [1.54, 1.807) is 24.3 Å². The first-order valence-corrected chi connectivity index (χ1v) is 9.19. The van der Waals surface area contributed by atoms with Crippen molar-refractivity contribution in [3.8, 4) is 0 Å². The Labute approximate surface area is 132 Å². The third-order valence-electron chi connectivity index (χ3n) is 4.64. The second kappa shape index (κ2) is 5.66. The van der Waals surface area contributed by atoms with Gasteiger partial charge in [0.2, 0.25) is 15.9 Å². The van der Waals surface area contributed by atoms with E-state index in [-0.39, 0.29) is 11.8 Å². The highest BCUT2D eigenvalue weighted by molar-refractivity contribution is 7.89. The van der Waals surface area contributed by atoms with Crippen molar-refractivity contribution >= 4 is 15.9 Å². The lowest BCUT2D eigenvalue weighted by molar-refractivity contribution is -0.134. The van der Waals surface area contributed by atoms with Crippen LogP contribution >= 0.6 is 0 Å². The average Bonchev–Trinajstić information content (AvgIpc) is 3.24. The summed E-state index contributed by atoms with van der Waals surface area (Å²) < 4.78 is 26.7. The van der Waals surface area contributed by atoms with Crippen molar-refractivity contribution in [3.63, 3.8) is 0 Å². The van der Waals surface area contributed by atoms with Gasteiger partial charge in [0.05, 0.1) is 4.90 Å². The maximum atomic E-state index is 12.6. The van der Waals surface area contributed by atoms with E-state index in [4.69, 9.17) is 0 Å². The fourth-order valence-electron chi connectivity index (χ4n) is 2.91. The van der Waals surface area contributed by atoms with Crippen LogP contribution in [0.3, 0.4) is 0 Å². The second-order valence-electron chi connectivity index (χ2n) is 6.36. The summed E-state index contributed by atoms with van der Waals surface area (Å²) in [4.78, 5) is 14.3. The molecule has 2 aliphatic rings. The third kappa shape index (κ3) is 2.90. The average molecular weight is 322 g/mol. The fourth-order valence-corrected chi connectivity index (χ4v) is 4.33. The van der Waals surface area contributed by atoms with Crippen LogP contribution in [0.25, 0.3) is 0 Å². The molecular formula is C16H22N2O3S. The monoisotopic (exact) mass is 322 g/mol. The lowest BCUT2D eigenvalue weighted by Crippen LogP contribution is -2.51. The predicted molar refractivity (Wildman–Crippen MR) is 83.8 cm³/mol. The maximum Gasteiger partial charge on any atom is 0.243 e. The number of nitrogens with zero attached hydrogens (tertiary/aromatic N) is 2. The highest BCUT2D eigenvalue weighted by atomic mass is 32.2. The first kappa shape index (κ1) is 15.5. The number of rotatable bonds is 3. The van der Waals surface area contributed by atoms with Gasteiger partial charge in [-0.3, -0.25) is 4.79 Å². The van der Waals surface area contributed by atoms with Gasteiger partial charge in [-0.05, 0) is 31.4 Å². The van der Waals surface area contributed by atoms with E-state index >= 15 is 0 Å². The lowest BCUT2D eigenvalue weighted by Gasteiger charge is -2.34. The van der Waals surface area contributed by atoms with E-state index in [2.05, 4.69) is 6.92 Å². The van der Waals surface area contributed by atoms with Gasteiger partial charge in [-0.15, -0.1) is 0 Å². The van der Waals surface area contributed by atoms with Crippen LogP contribution in [0.5, 0.6) is 0 Å². The molecule has 2 fully saturated rings. The van der Waals surface area contributed by atoms with Crippen molar-refractivity contribution in [3.05, 3.63) is 29.8 Å². The molecule has 22 heavy (non-hydrogen) atoms. The molecular weight excluding hydrogens is 300 g/mol. The molecule has 0 spiro atoms. The number of hydrogen-bond acceptors (Lipinski definition) is 3. The van der Waals surface area contributed by atoms with Crippen LogP contribution in [0.4, 0.5) is 0 Å². The molecule has 1 saturated carbocycles. The molecule has 0 N–H and O–H groups in total. The van der Waals surface area contributed by atoms with E-state index in [9.17, 15) is 13.2 Å².